The molecule has 0 unspecified atom stereocenters. The third-order valence-corrected chi connectivity index (χ3v) is 7.22. The van der Waals surface area contributed by atoms with Gasteiger partial charge in [0, 0.05) is 37.2 Å². The molecule has 12 heteroatoms. The number of carbonyl (C=O) groups is 1. The lowest BCUT2D eigenvalue weighted by molar-refractivity contribution is -0.825. The third-order valence-electron chi connectivity index (χ3n) is 6.54. The van der Waals surface area contributed by atoms with Crippen molar-refractivity contribution in [1.29, 1.82) is 0 Å². The van der Waals surface area contributed by atoms with E-state index in [2.05, 4.69) is 9.72 Å². The van der Waals surface area contributed by atoms with E-state index < -0.39 is 18.6 Å². The largest absolute Gasteiger partial charge is 0.489 e. The molecule has 40 heavy (non-hydrogen) atoms. The molecule has 0 aliphatic heterocycles. The van der Waals surface area contributed by atoms with Gasteiger partial charge in [0.1, 0.15) is 16.7 Å². The second kappa shape index (κ2) is 13.9. The summed E-state index contributed by atoms with van der Waals surface area (Å²) in [4.78, 5) is 17.2. The van der Waals surface area contributed by atoms with Gasteiger partial charge >= 0.3 is 12.7 Å². The van der Waals surface area contributed by atoms with Crippen LogP contribution in [0.15, 0.2) is 54.9 Å². The fourth-order valence-electron chi connectivity index (χ4n) is 4.10. The van der Waals surface area contributed by atoms with Gasteiger partial charge in [0.25, 0.3) is 0 Å². The summed E-state index contributed by atoms with van der Waals surface area (Å²) in [6.07, 6.45) is 5.02. The molecule has 1 aliphatic carbocycles. The molecule has 1 heterocycles. The van der Waals surface area contributed by atoms with Crippen molar-refractivity contribution >= 4 is 35.0 Å². The first kappa shape index (κ1) is 29.8. The van der Waals surface area contributed by atoms with Gasteiger partial charge < -0.3 is 19.1 Å². The number of halogens is 4. The van der Waals surface area contributed by atoms with E-state index in [0.29, 0.717) is 52.3 Å². The number of hydrogen-bond acceptors (Lipinski definition) is 5. The lowest BCUT2D eigenvalue weighted by Gasteiger charge is -2.23. The molecule has 4 rings (SSSR count). The van der Waals surface area contributed by atoms with Gasteiger partial charge in [-0.25, -0.2) is 15.0 Å². The molecule has 4 N–H and O–H groups in total. The van der Waals surface area contributed by atoms with Crippen LogP contribution >= 0.6 is 23.2 Å². The molecule has 8 nitrogen and oxygen atoms in total. The van der Waals surface area contributed by atoms with E-state index in [4.69, 9.17) is 37.9 Å². The molecule has 214 valence electrons. The number of nitrogens with zero attached hydrogens (tertiary/aromatic N) is 1. The second-order valence-corrected chi connectivity index (χ2v) is 10.5. The Morgan fingerprint density at radius 2 is 1.82 bits per heavy atom. The van der Waals surface area contributed by atoms with Gasteiger partial charge in [0.2, 0.25) is 0 Å². The zero-order chi connectivity index (χ0) is 28.6. The van der Waals surface area contributed by atoms with Crippen LogP contribution in [0.5, 0.6) is 11.5 Å². The van der Waals surface area contributed by atoms with Crippen molar-refractivity contribution in [2.24, 2.45) is 5.92 Å². The van der Waals surface area contributed by atoms with Crippen LogP contribution < -0.4 is 19.9 Å². The quantitative estimate of drug-likeness (QED) is 0.204. The van der Waals surface area contributed by atoms with Crippen molar-refractivity contribution in [3.8, 4) is 11.5 Å². The second-order valence-electron chi connectivity index (χ2n) is 9.67. The Balaban J connectivity index is 1.53. The highest BCUT2D eigenvalue weighted by Crippen LogP contribution is 2.37. The maximum absolute atomic E-state index is 13.0. The van der Waals surface area contributed by atoms with Gasteiger partial charge in [-0.15, -0.1) is 0 Å². The predicted octanol–water partition coefficient (Wildman–Crippen LogP) is 5.38. The van der Waals surface area contributed by atoms with Gasteiger partial charge in [0.15, 0.2) is 29.6 Å². The molecule has 1 aromatic heterocycles. The number of benzene rings is 2. The summed E-state index contributed by atoms with van der Waals surface area (Å²) in [6, 6.07) is 11.8. The van der Waals surface area contributed by atoms with Crippen LogP contribution in [-0.4, -0.2) is 43.1 Å². The van der Waals surface area contributed by atoms with Crippen LogP contribution in [0.25, 0.3) is 0 Å². The highest BCUT2D eigenvalue weighted by molar-refractivity contribution is 6.35. The Bertz CT molecular complexity index is 1280. The van der Waals surface area contributed by atoms with Crippen LogP contribution in [-0.2, 0) is 17.7 Å². The summed E-state index contributed by atoms with van der Waals surface area (Å²) in [6.45, 7) is -2.35. The Labute approximate surface area is 240 Å². The molecule has 1 saturated carbocycles. The van der Waals surface area contributed by atoms with E-state index in [1.807, 2.05) is 0 Å². The van der Waals surface area contributed by atoms with Gasteiger partial charge in [-0.3, -0.25) is 0 Å². The number of aromatic nitrogens is 1. The molecule has 0 radical (unpaired) electrons. The van der Waals surface area contributed by atoms with Crippen molar-refractivity contribution in [2.75, 3.05) is 20.3 Å². The minimum absolute atomic E-state index is 0.0377. The SMILES string of the molecule is CN(Cc1ccc([NH2+]O)cc1)C(=O)OC[C@@H](Cc1c(Cl)c[nH+]cc1Cl)c1ccc(OC(F)F)c(OCC2CC2)c1. The number of quaternary nitrogens is 1. The Morgan fingerprint density at radius 1 is 1.12 bits per heavy atom. The number of pyridine rings is 1. The third kappa shape index (κ3) is 8.41. The van der Waals surface area contributed by atoms with Gasteiger partial charge in [0.05, 0.1) is 6.61 Å². The topological polar surface area (TPSA) is 99.0 Å². The molecular formula is C28H31Cl2F2N3O5+2. The summed E-state index contributed by atoms with van der Waals surface area (Å²) in [7, 11) is 1.62. The number of aromatic amines is 1. The van der Waals surface area contributed by atoms with E-state index in [0.717, 1.165) is 23.9 Å². The van der Waals surface area contributed by atoms with Crippen LogP contribution in [0.3, 0.4) is 0 Å². The van der Waals surface area contributed by atoms with Crippen molar-refractivity contribution in [3.05, 3.63) is 81.6 Å². The minimum atomic E-state index is -3.00. The fourth-order valence-corrected chi connectivity index (χ4v) is 4.63. The smallest absolute Gasteiger partial charge is 0.409 e. The Kier molecular flexibility index (Phi) is 10.4. The number of H-pyrrole nitrogens is 1. The maximum atomic E-state index is 13.0. The number of amides is 1. The number of carbonyl (C=O) groups excluding carboxylic acids is 1. The van der Waals surface area contributed by atoms with Gasteiger partial charge in [-0.05, 0) is 48.4 Å². The van der Waals surface area contributed by atoms with E-state index in [-0.39, 0.29) is 18.1 Å². The number of ether oxygens (including phenoxy) is 3. The summed E-state index contributed by atoms with van der Waals surface area (Å²) in [5, 5.41) is 9.93. The first-order valence-electron chi connectivity index (χ1n) is 12.7. The van der Waals surface area contributed by atoms with Crippen LogP contribution in [0, 0.1) is 5.92 Å². The monoisotopic (exact) mass is 597 g/mol. The average molecular weight is 598 g/mol. The fraction of sp³-hybridized carbons (Fsp3) is 0.357. The first-order valence-corrected chi connectivity index (χ1v) is 13.5. The van der Waals surface area contributed by atoms with Gasteiger partial charge in [-0.2, -0.15) is 14.3 Å². The van der Waals surface area contributed by atoms with Crippen LogP contribution in [0.2, 0.25) is 10.0 Å². The standard InChI is InChI=1S/C28H29Cl2F2N3O5/c1-35(14-17-4-7-21(34-37)8-5-17)28(36)39-16-20(10-22-23(29)12-33-13-24(22)30)19-6-9-25(40-27(31)32)26(11-19)38-15-18-2-3-18/h4-9,11-13,18,20,27,34,37H,2-3,10,14-16H2,1H3/p+2/t20-/m1/s1. The van der Waals surface area contributed by atoms with E-state index >= 15 is 0 Å². The maximum Gasteiger partial charge on any atom is 0.409 e. The number of nitrogens with two attached hydrogens (primary N) is 1. The molecule has 1 amide bonds. The molecule has 1 fully saturated rings. The summed E-state index contributed by atoms with van der Waals surface area (Å²) >= 11 is 12.8. The first-order chi connectivity index (χ1) is 19.2. The summed E-state index contributed by atoms with van der Waals surface area (Å²) < 4.78 is 42.3. The van der Waals surface area contributed by atoms with Crippen molar-refractivity contribution in [2.45, 2.75) is 38.3 Å². The lowest BCUT2D eigenvalue weighted by Crippen LogP contribution is -2.73. The number of hydrogen-bond donors (Lipinski definition) is 2. The highest BCUT2D eigenvalue weighted by atomic mass is 35.5. The van der Waals surface area contributed by atoms with E-state index in [1.54, 1.807) is 55.8 Å². The minimum Gasteiger partial charge on any atom is -0.489 e. The molecule has 0 bridgehead atoms. The summed E-state index contributed by atoms with van der Waals surface area (Å²) in [5.74, 6) is 0.0925. The summed E-state index contributed by atoms with van der Waals surface area (Å²) in [5.41, 5.74) is 3.83. The molecule has 3 aromatic rings. The van der Waals surface area contributed by atoms with E-state index in [9.17, 15) is 13.6 Å². The highest BCUT2D eigenvalue weighted by Gasteiger charge is 2.25. The Morgan fingerprint density at radius 3 is 2.45 bits per heavy atom. The average Bonchev–Trinajstić information content (AvgIpc) is 3.76. The van der Waals surface area contributed by atoms with Crippen LogP contribution in [0.1, 0.15) is 35.4 Å². The lowest BCUT2D eigenvalue weighted by atomic mass is 9.92. The Hall–Kier alpha value is -3.18. The molecule has 1 atom stereocenters. The normalized spacial score (nSPS) is 13.7. The van der Waals surface area contributed by atoms with Crippen LogP contribution in [0.4, 0.5) is 19.3 Å². The van der Waals surface area contributed by atoms with E-state index in [1.165, 1.54) is 11.0 Å². The number of rotatable bonds is 13. The number of alkyl halides is 2. The molecule has 2 aromatic carbocycles. The molecular weight excluding hydrogens is 567 g/mol. The van der Waals surface area contributed by atoms with Crippen molar-refractivity contribution in [1.82, 2.24) is 4.90 Å². The zero-order valence-corrected chi connectivity index (χ0v) is 23.3. The molecule has 0 saturated heterocycles. The van der Waals surface area contributed by atoms with Crippen molar-refractivity contribution in [3.63, 3.8) is 0 Å². The zero-order valence-electron chi connectivity index (χ0n) is 21.8. The predicted molar refractivity (Wildman–Crippen MR) is 143 cm³/mol. The van der Waals surface area contributed by atoms with Crippen molar-refractivity contribution < 1.29 is 43.5 Å². The molecule has 0 spiro atoms. The molecule has 1 aliphatic rings. The van der Waals surface area contributed by atoms with Gasteiger partial charge in [-0.1, -0.05) is 41.4 Å². The number of nitrogens with one attached hydrogen (secondary N) is 1.